The van der Waals surface area contributed by atoms with Crippen molar-refractivity contribution in [3.05, 3.63) is 53.6 Å². The summed E-state index contributed by atoms with van der Waals surface area (Å²) >= 11 is 0. The highest BCUT2D eigenvalue weighted by molar-refractivity contribution is 6.88. The summed E-state index contributed by atoms with van der Waals surface area (Å²) in [4.78, 5) is 25.8. The van der Waals surface area contributed by atoms with E-state index in [1.165, 1.54) is 5.19 Å². The predicted molar refractivity (Wildman–Crippen MR) is 110 cm³/mol. The minimum absolute atomic E-state index is 0.0223. The van der Waals surface area contributed by atoms with Crippen LogP contribution >= 0.6 is 0 Å². The van der Waals surface area contributed by atoms with Gasteiger partial charge in [0.15, 0.2) is 0 Å². The smallest absolute Gasteiger partial charge is 0.228 e. The van der Waals surface area contributed by atoms with Crippen LogP contribution in [0.3, 0.4) is 0 Å². The van der Waals surface area contributed by atoms with Crippen molar-refractivity contribution in [1.29, 1.82) is 0 Å². The average Bonchev–Trinajstić information content (AvgIpc) is 2.58. The van der Waals surface area contributed by atoms with Crippen molar-refractivity contribution in [2.75, 3.05) is 17.3 Å². The molecule has 0 atom stereocenters. The van der Waals surface area contributed by atoms with E-state index in [0.717, 1.165) is 28.9 Å². The van der Waals surface area contributed by atoms with Gasteiger partial charge in [-0.1, -0.05) is 49.1 Å². The van der Waals surface area contributed by atoms with Gasteiger partial charge in [-0.2, -0.15) is 0 Å². The summed E-state index contributed by atoms with van der Waals surface area (Å²) in [6, 6.07) is 14.2. The Morgan fingerprint density at radius 1 is 1.08 bits per heavy atom. The molecule has 0 unspecified atom stereocenters. The number of carbonyl (C=O) groups is 2. The maximum atomic E-state index is 12.4. The first-order valence-electron chi connectivity index (χ1n) is 9.03. The number of anilines is 2. The maximum absolute atomic E-state index is 12.4. The lowest BCUT2D eigenvalue weighted by molar-refractivity contribution is -0.118. The van der Waals surface area contributed by atoms with E-state index in [9.17, 15) is 9.59 Å². The average molecular weight is 367 g/mol. The highest BCUT2D eigenvalue weighted by Gasteiger charge is 2.21. The third-order valence-electron chi connectivity index (χ3n) is 4.89. The molecule has 3 rings (SSSR count). The second-order valence-electron chi connectivity index (χ2n) is 7.97. The van der Waals surface area contributed by atoms with Gasteiger partial charge in [-0.05, 0) is 35.7 Å². The number of amides is 2. The number of rotatable bonds is 4. The van der Waals surface area contributed by atoms with E-state index in [1.807, 2.05) is 18.2 Å². The van der Waals surface area contributed by atoms with Crippen LogP contribution in [0.25, 0.3) is 0 Å². The van der Waals surface area contributed by atoms with E-state index in [2.05, 4.69) is 49.2 Å². The summed E-state index contributed by atoms with van der Waals surface area (Å²) in [5, 5.41) is 4.38. The fourth-order valence-corrected chi connectivity index (χ4v) is 4.41. The topological polar surface area (TPSA) is 49.4 Å². The zero-order valence-corrected chi connectivity index (χ0v) is 16.9. The van der Waals surface area contributed by atoms with Crippen molar-refractivity contribution >= 4 is 36.4 Å². The van der Waals surface area contributed by atoms with E-state index in [0.29, 0.717) is 12.8 Å². The third-order valence-corrected chi connectivity index (χ3v) is 6.96. The summed E-state index contributed by atoms with van der Waals surface area (Å²) in [5.41, 5.74) is 3.84. The Balaban J connectivity index is 1.66. The Hall–Kier alpha value is -2.40. The molecule has 26 heavy (non-hydrogen) atoms. The van der Waals surface area contributed by atoms with Gasteiger partial charge < -0.3 is 10.2 Å². The van der Waals surface area contributed by atoms with Crippen molar-refractivity contribution in [2.45, 2.75) is 38.9 Å². The molecule has 0 aromatic heterocycles. The molecule has 1 heterocycles. The molecular weight excluding hydrogens is 340 g/mol. The number of hydrogen-bond donors (Lipinski definition) is 1. The van der Waals surface area contributed by atoms with Crippen LogP contribution in [0, 0.1) is 0 Å². The molecule has 0 fully saturated rings. The van der Waals surface area contributed by atoms with E-state index in [-0.39, 0.29) is 11.8 Å². The van der Waals surface area contributed by atoms with Gasteiger partial charge in [-0.15, -0.1) is 0 Å². The Bertz CT molecular complexity index is 838. The highest BCUT2D eigenvalue weighted by atomic mass is 28.3. The summed E-state index contributed by atoms with van der Waals surface area (Å²) in [6.45, 7) is 6.95. The lowest BCUT2D eigenvalue weighted by Gasteiger charge is -2.26. The summed E-state index contributed by atoms with van der Waals surface area (Å²) in [6.07, 6.45) is 1.60. The molecule has 1 aliphatic rings. The quantitative estimate of drug-likeness (QED) is 0.844. The van der Waals surface area contributed by atoms with E-state index < -0.39 is 8.07 Å². The van der Waals surface area contributed by atoms with Gasteiger partial charge in [0.1, 0.15) is 0 Å². The SMILES string of the molecule is CN1C(=O)CCc2cc(NC(=O)Cc3ccc([Si](C)(C)C)cc3)ccc21. The molecule has 4 nitrogen and oxygen atoms in total. The minimum atomic E-state index is -1.31. The Morgan fingerprint density at radius 2 is 1.77 bits per heavy atom. The lowest BCUT2D eigenvalue weighted by atomic mass is 10.0. The lowest BCUT2D eigenvalue weighted by Crippen LogP contribution is -2.37. The standard InChI is InChI=1S/C21H26N2O2Si/c1-23-19-11-8-17(14-16(19)7-12-21(23)25)22-20(24)13-15-5-9-18(10-6-15)26(2,3)4/h5-6,8-11,14H,7,12-13H2,1-4H3,(H,22,24). The molecular formula is C21H26N2O2Si. The number of carbonyl (C=O) groups excluding carboxylic acids is 2. The van der Waals surface area contributed by atoms with Gasteiger partial charge in [-0.25, -0.2) is 0 Å². The van der Waals surface area contributed by atoms with Gasteiger partial charge >= 0.3 is 0 Å². The van der Waals surface area contributed by atoms with Crippen LogP contribution in [0.4, 0.5) is 11.4 Å². The van der Waals surface area contributed by atoms with Gasteiger partial charge in [0.2, 0.25) is 11.8 Å². The molecule has 0 saturated carbocycles. The van der Waals surface area contributed by atoms with Crippen molar-refractivity contribution in [2.24, 2.45) is 0 Å². The summed E-state index contributed by atoms with van der Waals surface area (Å²) in [5.74, 6) is 0.113. The van der Waals surface area contributed by atoms with Crippen LogP contribution in [-0.2, 0) is 22.4 Å². The van der Waals surface area contributed by atoms with Gasteiger partial charge in [0, 0.05) is 24.8 Å². The van der Waals surface area contributed by atoms with Crippen molar-refractivity contribution in [3.8, 4) is 0 Å². The zero-order chi connectivity index (χ0) is 18.9. The fourth-order valence-electron chi connectivity index (χ4n) is 3.25. The first-order valence-corrected chi connectivity index (χ1v) is 12.5. The van der Waals surface area contributed by atoms with Crippen molar-refractivity contribution in [3.63, 3.8) is 0 Å². The second-order valence-corrected chi connectivity index (χ2v) is 13.0. The Morgan fingerprint density at radius 3 is 2.42 bits per heavy atom. The molecule has 0 bridgehead atoms. The Kier molecular flexibility index (Phi) is 5.00. The van der Waals surface area contributed by atoms with E-state index in [1.54, 1.807) is 11.9 Å². The summed E-state index contributed by atoms with van der Waals surface area (Å²) in [7, 11) is 0.484. The number of fused-ring (bicyclic) bond motifs is 1. The molecule has 1 aliphatic heterocycles. The minimum Gasteiger partial charge on any atom is -0.326 e. The predicted octanol–water partition coefficient (Wildman–Crippen LogP) is 3.32. The summed E-state index contributed by atoms with van der Waals surface area (Å²) < 4.78 is 0. The number of aryl methyl sites for hydroxylation is 1. The van der Waals surface area contributed by atoms with Crippen molar-refractivity contribution < 1.29 is 9.59 Å². The molecule has 0 spiro atoms. The zero-order valence-electron chi connectivity index (χ0n) is 15.9. The molecule has 2 amide bonds. The molecule has 136 valence electrons. The van der Waals surface area contributed by atoms with Gasteiger partial charge in [0.25, 0.3) is 0 Å². The Labute approximate surface area is 156 Å². The second kappa shape index (κ2) is 7.07. The fraction of sp³-hybridized carbons (Fsp3) is 0.333. The van der Waals surface area contributed by atoms with E-state index >= 15 is 0 Å². The van der Waals surface area contributed by atoms with Crippen LogP contribution < -0.4 is 15.4 Å². The molecule has 0 radical (unpaired) electrons. The largest absolute Gasteiger partial charge is 0.326 e. The maximum Gasteiger partial charge on any atom is 0.228 e. The van der Waals surface area contributed by atoms with Crippen LogP contribution in [0.1, 0.15) is 17.5 Å². The third kappa shape index (κ3) is 4.04. The first kappa shape index (κ1) is 18.4. The molecule has 0 aliphatic carbocycles. The molecule has 2 aromatic rings. The van der Waals surface area contributed by atoms with Crippen LogP contribution in [0.2, 0.25) is 19.6 Å². The number of nitrogens with one attached hydrogen (secondary N) is 1. The number of benzene rings is 2. The van der Waals surface area contributed by atoms with Crippen molar-refractivity contribution in [1.82, 2.24) is 0 Å². The molecule has 5 heteroatoms. The van der Waals surface area contributed by atoms with E-state index in [4.69, 9.17) is 0 Å². The first-order chi connectivity index (χ1) is 12.2. The van der Waals surface area contributed by atoms with Crippen LogP contribution in [0.15, 0.2) is 42.5 Å². The van der Waals surface area contributed by atoms with Crippen LogP contribution in [0.5, 0.6) is 0 Å². The molecule has 2 aromatic carbocycles. The molecule has 1 N–H and O–H groups in total. The van der Waals surface area contributed by atoms with Gasteiger partial charge in [-0.3, -0.25) is 9.59 Å². The number of nitrogens with zero attached hydrogens (tertiary/aromatic N) is 1. The normalized spacial score (nSPS) is 14.2. The van der Waals surface area contributed by atoms with Crippen LogP contribution in [-0.4, -0.2) is 26.9 Å². The number of hydrogen-bond acceptors (Lipinski definition) is 2. The van der Waals surface area contributed by atoms with Gasteiger partial charge in [0.05, 0.1) is 14.5 Å². The highest BCUT2D eigenvalue weighted by Crippen LogP contribution is 2.29. The molecule has 0 saturated heterocycles. The monoisotopic (exact) mass is 366 g/mol.